The van der Waals surface area contributed by atoms with Crippen molar-refractivity contribution in [1.29, 1.82) is 0 Å². The third-order valence-electron chi connectivity index (χ3n) is 4.08. The van der Waals surface area contributed by atoms with Crippen molar-refractivity contribution in [1.82, 2.24) is 9.88 Å². The Morgan fingerprint density at radius 2 is 1.82 bits per heavy atom. The van der Waals surface area contributed by atoms with Crippen LogP contribution >= 0.6 is 0 Å². The Hall–Kier alpha value is -2.46. The SMILES string of the molecule is Cc1cccc2c(C(c3ccc(O)c(O)c3)N(C)C)c[nH]c12. The summed E-state index contributed by atoms with van der Waals surface area (Å²) in [6.45, 7) is 2.08. The number of benzene rings is 2. The second-order valence-electron chi connectivity index (χ2n) is 5.86. The first-order valence-electron chi connectivity index (χ1n) is 7.24. The maximum Gasteiger partial charge on any atom is 0.157 e. The van der Waals surface area contributed by atoms with Crippen molar-refractivity contribution in [3.8, 4) is 11.5 Å². The van der Waals surface area contributed by atoms with Gasteiger partial charge in [0.2, 0.25) is 0 Å². The number of fused-ring (bicyclic) bond motifs is 1. The minimum absolute atomic E-state index is 0.0120. The van der Waals surface area contributed by atoms with Crippen LogP contribution in [0.4, 0.5) is 0 Å². The second kappa shape index (κ2) is 5.39. The van der Waals surface area contributed by atoms with Crippen LogP contribution in [0.25, 0.3) is 10.9 Å². The second-order valence-corrected chi connectivity index (χ2v) is 5.86. The smallest absolute Gasteiger partial charge is 0.157 e. The van der Waals surface area contributed by atoms with Crippen molar-refractivity contribution in [2.45, 2.75) is 13.0 Å². The summed E-state index contributed by atoms with van der Waals surface area (Å²) in [6.07, 6.45) is 2.02. The molecule has 4 heteroatoms. The van der Waals surface area contributed by atoms with E-state index in [2.05, 4.69) is 35.0 Å². The lowest BCUT2D eigenvalue weighted by atomic mass is 9.96. The predicted molar refractivity (Wildman–Crippen MR) is 88.3 cm³/mol. The van der Waals surface area contributed by atoms with Crippen LogP contribution in [0.1, 0.15) is 22.7 Å². The number of phenols is 2. The van der Waals surface area contributed by atoms with E-state index in [-0.39, 0.29) is 17.5 Å². The number of rotatable bonds is 3. The molecule has 1 atom stereocenters. The first-order chi connectivity index (χ1) is 10.5. The molecule has 1 heterocycles. The highest BCUT2D eigenvalue weighted by atomic mass is 16.3. The molecule has 0 saturated heterocycles. The number of aryl methyl sites for hydroxylation is 1. The lowest BCUT2D eigenvalue weighted by Crippen LogP contribution is -2.20. The summed E-state index contributed by atoms with van der Waals surface area (Å²) in [4.78, 5) is 5.44. The number of para-hydroxylation sites is 1. The fraction of sp³-hybridized carbons (Fsp3) is 0.222. The van der Waals surface area contributed by atoms with Crippen molar-refractivity contribution in [3.05, 3.63) is 59.3 Å². The number of hydrogen-bond acceptors (Lipinski definition) is 3. The predicted octanol–water partition coefficient (Wildman–Crippen LogP) is 3.54. The summed E-state index contributed by atoms with van der Waals surface area (Å²) < 4.78 is 0. The van der Waals surface area contributed by atoms with Crippen LogP contribution in [0.5, 0.6) is 11.5 Å². The van der Waals surface area contributed by atoms with E-state index < -0.39 is 0 Å². The van der Waals surface area contributed by atoms with Crippen LogP contribution in [-0.2, 0) is 0 Å². The average molecular weight is 296 g/mol. The number of nitrogens with one attached hydrogen (secondary N) is 1. The van der Waals surface area contributed by atoms with E-state index in [9.17, 15) is 10.2 Å². The Morgan fingerprint density at radius 1 is 1.05 bits per heavy atom. The number of aromatic nitrogens is 1. The van der Waals surface area contributed by atoms with Gasteiger partial charge in [-0.25, -0.2) is 0 Å². The number of phenolic OH excluding ortho intramolecular Hbond substituents is 2. The van der Waals surface area contributed by atoms with Gasteiger partial charge in [0.25, 0.3) is 0 Å². The zero-order valence-corrected chi connectivity index (χ0v) is 13.0. The summed E-state index contributed by atoms with van der Waals surface area (Å²) in [5, 5.41) is 20.5. The molecule has 2 aromatic carbocycles. The zero-order chi connectivity index (χ0) is 15.9. The van der Waals surface area contributed by atoms with Gasteiger partial charge in [-0.1, -0.05) is 24.3 Å². The highest BCUT2D eigenvalue weighted by Gasteiger charge is 2.21. The standard InChI is InChI=1S/C18H20N2O2/c1-11-5-4-6-13-14(10-19-17(11)13)18(20(2)3)12-7-8-15(21)16(22)9-12/h4-10,18-19,21-22H,1-3H3. The van der Waals surface area contributed by atoms with Crippen LogP contribution < -0.4 is 0 Å². The molecule has 114 valence electrons. The number of aromatic amines is 1. The molecule has 1 unspecified atom stereocenters. The molecule has 0 bridgehead atoms. The summed E-state index contributed by atoms with van der Waals surface area (Å²) in [5.41, 5.74) is 4.42. The quantitative estimate of drug-likeness (QED) is 0.648. The van der Waals surface area contributed by atoms with Gasteiger partial charge in [-0.15, -0.1) is 0 Å². The highest BCUT2D eigenvalue weighted by Crippen LogP contribution is 2.36. The Balaban J connectivity index is 2.18. The van der Waals surface area contributed by atoms with Gasteiger partial charge in [-0.05, 0) is 49.8 Å². The molecule has 0 saturated carbocycles. The molecule has 0 radical (unpaired) electrons. The van der Waals surface area contributed by atoms with Crippen molar-refractivity contribution < 1.29 is 10.2 Å². The van der Waals surface area contributed by atoms with E-state index in [4.69, 9.17) is 0 Å². The monoisotopic (exact) mass is 296 g/mol. The highest BCUT2D eigenvalue weighted by molar-refractivity contribution is 5.86. The fourth-order valence-electron chi connectivity index (χ4n) is 3.02. The van der Waals surface area contributed by atoms with Crippen molar-refractivity contribution in [3.63, 3.8) is 0 Å². The molecule has 3 N–H and O–H groups in total. The third kappa shape index (κ3) is 2.31. The van der Waals surface area contributed by atoms with Gasteiger partial charge in [0.1, 0.15) is 0 Å². The number of hydrogen-bond donors (Lipinski definition) is 3. The largest absolute Gasteiger partial charge is 0.504 e. The topological polar surface area (TPSA) is 59.5 Å². The van der Waals surface area contributed by atoms with Crippen LogP contribution in [0.2, 0.25) is 0 Å². The Kier molecular flexibility index (Phi) is 3.54. The van der Waals surface area contributed by atoms with E-state index in [1.165, 1.54) is 17.0 Å². The fourth-order valence-corrected chi connectivity index (χ4v) is 3.02. The molecule has 22 heavy (non-hydrogen) atoms. The van der Waals surface area contributed by atoms with E-state index in [0.29, 0.717) is 0 Å². The van der Waals surface area contributed by atoms with E-state index >= 15 is 0 Å². The normalized spacial score (nSPS) is 12.9. The van der Waals surface area contributed by atoms with Crippen LogP contribution in [0.3, 0.4) is 0 Å². The van der Waals surface area contributed by atoms with Crippen molar-refractivity contribution in [2.24, 2.45) is 0 Å². The summed E-state index contributed by atoms with van der Waals surface area (Å²) in [5.74, 6) is -0.198. The van der Waals surface area contributed by atoms with Crippen molar-refractivity contribution >= 4 is 10.9 Å². The summed E-state index contributed by atoms with van der Waals surface area (Å²) in [6, 6.07) is 11.2. The molecule has 0 aliphatic carbocycles. The average Bonchev–Trinajstić information content (AvgIpc) is 2.88. The van der Waals surface area contributed by atoms with Crippen molar-refractivity contribution in [2.75, 3.05) is 14.1 Å². The summed E-state index contributed by atoms with van der Waals surface area (Å²) >= 11 is 0. The maximum absolute atomic E-state index is 9.81. The Labute approximate surface area is 129 Å². The maximum atomic E-state index is 9.81. The lowest BCUT2D eigenvalue weighted by molar-refractivity contribution is 0.341. The number of aromatic hydroxyl groups is 2. The van der Waals surface area contributed by atoms with Gasteiger partial charge in [-0.2, -0.15) is 0 Å². The molecule has 3 aromatic rings. The lowest BCUT2D eigenvalue weighted by Gasteiger charge is -2.25. The minimum atomic E-state index is -0.101. The first kappa shape index (κ1) is 14.5. The molecule has 3 rings (SSSR count). The molecular formula is C18H20N2O2. The zero-order valence-electron chi connectivity index (χ0n) is 13.0. The minimum Gasteiger partial charge on any atom is -0.504 e. The van der Waals surface area contributed by atoms with E-state index in [1.54, 1.807) is 6.07 Å². The number of nitrogens with zero attached hydrogens (tertiary/aromatic N) is 1. The molecule has 0 aliphatic rings. The van der Waals surface area contributed by atoms with Gasteiger partial charge in [0, 0.05) is 17.1 Å². The van der Waals surface area contributed by atoms with Gasteiger partial charge < -0.3 is 15.2 Å². The molecule has 0 spiro atoms. The van der Waals surface area contributed by atoms with Gasteiger partial charge in [0.15, 0.2) is 11.5 Å². The molecule has 1 aromatic heterocycles. The van der Waals surface area contributed by atoms with Gasteiger partial charge in [-0.3, -0.25) is 4.90 Å². The van der Waals surface area contributed by atoms with E-state index in [0.717, 1.165) is 16.6 Å². The Bertz CT molecular complexity index is 821. The van der Waals surface area contributed by atoms with Gasteiger partial charge in [0.05, 0.1) is 6.04 Å². The molecule has 0 aliphatic heterocycles. The summed E-state index contributed by atoms with van der Waals surface area (Å²) in [7, 11) is 4.01. The molecule has 4 nitrogen and oxygen atoms in total. The van der Waals surface area contributed by atoms with Crippen LogP contribution in [0.15, 0.2) is 42.6 Å². The molecular weight excluding hydrogens is 276 g/mol. The number of H-pyrrole nitrogens is 1. The Morgan fingerprint density at radius 3 is 2.50 bits per heavy atom. The molecule has 0 fully saturated rings. The third-order valence-corrected chi connectivity index (χ3v) is 4.08. The van der Waals surface area contributed by atoms with Gasteiger partial charge >= 0.3 is 0 Å². The van der Waals surface area contributed by atoms with E-state index in [1.807, 2.05) is 26.4 Å². The first-order valence-corrected chi connectivity index (χ1v) is 7.24. The molecule has 0 amide bonds. The van der Waals surface area contributed by atoms with Crippen LogP contribution in [0, 0.1) is 6.92 Å². The van der Waals surface area contributed by atoms with Crippen LogP contribution in [-0.4, -0.2) is 34.2 Å².